The number of nitrogens with zero attached hydrogens (tertiary/aromatic N) is 2. The number of halogens is 3. The van der Waals surface area contributed by atoms with Gasteiger partial charge in [0.1, 0.15) is 6.61 Å². The van der Waals surface area contributed by atoms with E-state index in [-0.39, 0.29) is 25.0 Å². The van der Waals surface area contributed by atoms with Crippen LogP contribution in [0.3, 0.4) is 0 Å². The molecule has 0 spiro atoms. The average Bonchev–Trinajstić information content (AvgIpc) is 2.74. The molecule has 1 unspecified atom stereocenters. The molecule has 1 heterocycles. The van der Waals surface area contributed by atoms with Crippen LogP contribution in [0, 0.1) is 0 Å². The summed E-state index contributed by atoms with van der Waals surface area (Å²) in [6.07, 6.45) is -3.36. The minimum atomic E-state index is -4.31. The van der Waals surface area contributed by atoms with E-state index < -0.39 is 12.8 Å². The molecule has 0 aliphatic heterocycles. The van der Waals surface area contributed by atoms with E-state index in [1.165, 1.54) is 0 Å². The predicted molar refractivity (Wildman–Crippen MR) is 57.0 cm³/mol. The highest BCUT2D eigenvalue weighted by Gasteiger charge is 2.27. The van der Waals surface area contributed by atoms with E-state index >= 15 is 0 Å². The zero-order valence-corrected chi connectivity index (χ0v) is 10.3. The maximum absolute atomic E-state index is 11.8. The van der Waals surface area contributed by atoms with Crippen LogP contribution in [0.2, 0.25) is 0 Å². The molecule has 0 radical (unpaired) electrons. The van der Waals surface area contributed by atoms with E-state index in [1.807, 2.05) is 6.92 Å². The lowest BCUT2D eigenvalue weighted by molar-refractivity contribution is -0.173. The number of alkyl halides is 3. The molecule has 5 nitrogen and oxygen atoms in total. The summed E-state index contributed by atoms with van der Waals surface area (Å²) in [5.41, 5.74) is 0. The van der Waals surface area contributed by atoms with E-state index in [2.05, 4.69) is 20.3 Å². The van der Waals surface area contributed by atoms with Gasteiger partial charge in [0, 0.05) is 6.42 Å². The van der Waals surface area contributed by atoms with Crippen molar-refractivity contribution in [1.29, 1.82) is 0 Å². The molecule has 0 bridgehead atoms. The van der Waals surface area contributed by atoms with E-state index in [0.717, 1.165) is 6.42 Å². The van der Waals surface area contributed by atoms with Gasteiger partial charge in [-0.25, -0.2) is 0 Å². The van der Waals surface area contributed by atoms with Gasteiger partial charge in [0.05, 0.1) is 12.6 Å². The Bertz CT molecular complexity index is 350. The van der Waals surface area contributed by atoms with Crippen LogP contribution in [0.15, 0.2) is 4.42 Å². The number of aromatic nitrogens is 2. The van der Waals surface area contributed by atoms with Crippen LogP contribution in [0.4, 0.5) is 13.2 Å². The van der Waals surface area contributed by atoms with Gasteiger partial charge in [-0.15, -0.1) is 10.2 Å². The van der Waals surface area contributed by atoms with Crippen molar-refractivity contribution in [3.8, 4) is 0 Å². The SMILES string of the molecule is CCC(NC)c1nnc(CCOCC(F)(F)F)o1. The third-order valence-corrected chi connectivity index (χ3v) is 2.26. The molecule has 1 aromatic rings. The minimum absolute atomic E-state index is 0.0395. The van der Waals surface area contributed by atoms with E-state index in [9.17, 15) is 13.2 Å². The molecule has 104 valence electrons. The quantitative estimate of drug-likeness (QED) is 0.764. The fraction of sp³-hybridized carbons (Fsp3) is 0.800. The first-order valence-corrected chi connectivity index (χ1v) is 5.60. The first kappa shape index (κ1) is 14.9. The van der Waals surface area contributed by atoms with Crippen LogP contribution in [-0.2, 0) is 11.2 Å². The molecule has 0 saturated heterocycles. The zero-order chi connectivity index (χ0) is 13.6. The second-order valence-corrected chi connectivity index (χ2v) is 3.70. The molecule has 18 heavy (non-hydrogen) atoms. The van der Waals surface area contributed by atoms with Gasteiger partial charge >= 0.3 is 6.18 Å². The summed E-state index contributed by atoms with van der Waals surface area (Å²) in [5.74, 6) is 0.715. The number of hydrogen-bond donors (Lipinski definition) is 1. The van der Waals surface area contributed by atoms with Crippen molar-refractivity contribution in [2.24, 2.45) is 0 Å². The molecule has 0 saturated carbocycles. The molecule has 1 N–H and O–H groups in total. The van der Waals surface area contributed by atoms with Crippen LogP contribution < -0.4 is 5.32 Å². The van der Waals surface area contributed by atoms with Crippen molar-refractivity contribution >= 4 is 0 Å². The lowest BCUT2D eigenvalue weighted by Gasteiger charge is -2.07. The molecule has 0 aromatic carbocycles. The summed E-state index contributed by atoms with van der Waals surface area (Å²) in [7, 11) is 1.77. The van der Waals surface area contributed by atoms with Crippen LogP contribution in [0.5, 0.6) is 0 Å². The summed E-state index contributed by atoms with van der Waals surface area (Å²) in [4.78, 5) is 0. The average molecular weight is 267 g/mol. The third kappa shape index (κ3) is 5.01. The Balaban J connectivity index is 2.35. The summed E-state index contributed by atoms with van der Waals surface area (Å²) in [6.45, 7) is 0.594. The maximum atomic E-state index is 11.8. The van der Waals surface area contributed by atoms with Gasteiger partial charge in [0.25, 0.3) is 0 Å². The van der Waals surface area contributed by atoms with E-state index in [0.29, 0.717) is 5.89 Å². The number of rotatable bonds is 7. The van der Waals surface area contributed by atoms with Gasteiger partial charge < -0.3 is 14.5 Å². The highest BCUT2D eigenvalue weighted by Crippen LogP contribution is 2.16. The molecule has 0 aliphatic carbocycles. The second-order valence-electron chi connectivity index (χ2n) is 3.70. The Morgan fingerprint density at radius 3 is 2.67 bits per heavy atom. The predicted octanol–water partition coefficient (Wildman–Crippen LogP) is 1.86. The van der Waals surface area contributed by atoms with Crippen molar-refractivity contribution in [1.82, 2.24) is 15.5 Å². The molecule has 0 amide bonds. The Labute approximate surface area is 103 Å². The molecule has 8 heteroatoms. The van der Waals surface area contributed by atoms with Crippen LogP contribution >= 0.6 is 0 Å². The fourth-order valence-electron chi connectivity index (χ4n) is 1.36. The summed E-state index contributed by atoms with van der Waals surface area (Å²) >= 11 is 0. The standard InChI is InChI=1S/C10H16F3N3O2/c1-3-7(14-2)9-16-15-8(18-9)4-5-17-6-10(11,12)13/h7,14H,3-6H2,1-2H3. The zero-order valence-electron chi connectivity index (χ0n) is 10.3. The molecule has 0 aliphatic rings. The summed E-state index contributed by atoms with van der Waals surface area (Å²) < 4.78 is 45.2. The summed E-state index contributed by atoms with van der Waals surface area (Å²) in [6, 6.07) is -0.0395. The Hall–Kier alpha value is -1.15. The highest BCUT2D eigenvalue weighted by atomic mass is 19.4. The van der Waals surface area contributed by atoms with Crippen LogP contribution in [0.1, 0.15) is 31.2 Å². The monoisotopic (exact) mass is 267 g/mol. The van der Waals surface area contributed by atoms with Crippen molar-refractivity contribution in [3.63, 3.8) is 0 Å². The van der Waals surface area contributed by atoms with Gasteiger partial charge in [-0.2, -0.15) is 13.2 Å². The second kappa shape index (κ2) is 6.69. The molecular weight excluding hydrogens is 251 g/mol. The Morgan fingerprint density at radius 2 is 2.11 bits per heavy atom. The van der Waals surface area contributed by atoms with E-state index in [1.54, 1.807) is 7.05 Å². The molecule has 1 atom stereocenters. The number of ether oxygens (including phenoxy) is 1. The lowest BCUT2D eigenvalue weighted by atomic mass is 10.2. The first-order chi connectivity index (χ1) is 8.46. The molecule has 1 rings (SSSR count). The van der Waals surface area contributed by atoms with Gasteiger partial charge in [0.15, 0.2) is 0 Å². The number of nitrogens with one attached hydrogen (secondary N) is 1. The topological polar surface area (TPSA) is 60.2 Å². The van der Waals surface area contributed by atoms with Gasteiger partial charge in [-0.1, -0.05) is 6.92 Å². The smallest absolute Gasteiger partial charge is 0.411 e. The highest BCUT2D eigenvalue weighted by molar-refractivity contribution is 4.89. The molecule has 1 aromatic heterocycles. The van der Waals surface area contributed by atoms with Gasteiger partial charge in [-0.05, 0) is 13.5 Å². The molecular formula is C10H16F3N3O2. The van der Waals surface area contributed by atoms with Crippen molar-refractivity contribution in [2.75, 3.05) is 20.3 Å². The van der Waals surface area contributed by atoms with Crippen molar-refractivity contribution in [3.05, 3.63) is 11.8 Å². The summed E-state index contributed by atoms with van der Waals surface area (Å²) in [5, 5.41) is 10.6. The van der Waals surface area contributed by atoms with Crippen LogP contribution in [0.25, 0.3) is 0 Å². The number of hydrogen-bond acceptors (Lipinski definition) is 5. The Morgan fingerprint density at radius 1 is 1.39 bits per heavy atom. The lowest BCUT2D eigenvalue weighted by Crippen LogP contribution is -2.18. The minimum Gasteiger partial charge on any atom is -0.423 e. The van der Waals surface area contributed by atoms with Crippen LogP contribution in [-0.4, -0.2) is 36.6 Å². The largest absolute Gasteiger partial charge is 0.423 e. The first-order valence-electron chi connectivity index (χ1n) is 5.60. The molecule has 0 fully saturated rings. The normalized spacial score (nSPS) is 13.8. The Kier molecular flexibility index (Phi) is 5.54. The van der Waals surface area contributed by atoms with Gasteiger partial charge in [-0.3, -0.25) is 0 Å². The maximum Gasteiger partial charge on any atom is 0.411 e. The van der Waals surface area contributed by atoms with Crippen molar-refractivity contribution in [2.45, 2.75) is 32.0 Å². The fourth-order valence-corrected chi connectivity index (χ4v) is 1.36. The van der Waals surface area contributed by atoms with E-state index in [4.69, 9.17) is 4.42 Å². The van der Waals surface area contributed by atoms with Crippen molar-refractivity contribution < 1.29 is 22.3 Å². The van der Waals surface area contributed by atoms with Gasteiger partial charge in [0.2, 0.25) is 11.8 Å². The third-order valence-electron chi connectivity index (χ3n) is 2.26.